The summed E-state index contributed by atoms with van der Waals surface area (Å²) in [7, 11) is 0. The molecule has 0 radical (unpaired) electrons. The first kappa shape index (κ1) is 25.5. The van der Waals surface area contributed by atoms with Crippen LogP contribution in [0.1, 0.15) is 49.8 Å². The van der Waals surface area contributed by atoms with E-state index < -0.39 is 47.3 Å². The number of rotatable bonds is 8. The number of amides is 2. The maximum atomic E-state index is 14.2. The van der Waals surface area contributed by atoms with Crippen molar-refractivity contribution in [2.75, 3.05) is 6.54 Å². The molecule has 2 heterocycles. The molecule has 0 saturated carbocycles. The number of halogens is 6. The van der Waals surface area contributed by atoms with Crippen LogP contribution in [0.3, 0.4) is 0 Å². The first-order valence-corrected chi connectivity index (χ1v) is 10.7. The minimum atomic E-state index is -4.68. The van der Waals surface area contributed by atoms with Crippen molar-refractivity contribution in [3.8, 4) is 0 Å². The van der Waals surface area contributed by atoms with Gasteiger partial charge in [-0.25, -0.2) is 13.2 Å². The Bertz CT molecular complexity index is 1060. The van der Waals surface area contributed by atoms with Gasteiger partial charge < -0.3 is 14.8 Å². The topological polar surface area (TPSA) is 80.1 Å². The Kier molecular flexibility index (Phi) is 7.82. The van der Waals surface area contributed by atoms with Crippen molar-refractivity contribution in [1.29, 1.82) is 0 Å². The third-order valence-electron chi connectivity index (χ3n) is 5.46. The summed E-state index contributed by atoms with van der Waals surface area (Å²) in [5.41, 5.74) is -0.222. The molecule has 2 aromatic rings. The van der Waals surface area contributed by atoms with Crippen LogP contribution in [0.2, 0.25) is 0 Å². The minimum absolute atomic E-state index is 0.0397. The number of aromatic nitrogens is 3. The van der Waals surface area contributed by atoms with Gasteiger partial charge in [0.05, 0.1) is 6.54 Å². The van der Waals surface area contributed by atoms with Crippen LogP contribution in [0, 0.1) is 17.5 Å². The highest BCUT2D eigenvalue weighted by Crippen LogP contribution is 2.29. The average molecular weight is 491 g/mol. The number of alkyl halides is 3. The summed E-state index contributed by atoms with van der Waals surface area (Å²) in [6, 6.07) is 0.113. The quantitative estimate of drug-likeness (QED) is 0.454. The number of hydrogen-bond acceptors (Lipinski definition) is 4. The predicted molar refractivity (Wildman–Crippen MR) is 107 cm³/mol. The number of fused-ring (bicyclic) bond motifs is 1. The molecule has 0 saturated heterocycles. The Balaban J connectivity index is 1.74. The average Bonchev–Trinajstić information content (AvgIpc) is 3.19. The van der Waals surface area contributed by atoms with Crippen molar-refractivity contribution in [1.82, 2.24) is 25.0 Å². The zero-order chi connectivity index (χ0) is 25.0. The van der Waals surface area contributed by atoms with E-state index in [1.54, 1.807) is 0 Å². The lowest BCUT2D eigenvalue weighted by atomic mass is 10.0. The van der Waals surface area contributed by atoms with Crippen LogP contribution in [-0.2, 0) is 35.3 Å². The number of carbonyl (C=O) groups excluding carboxylic acids is 2. The fraction of sp³-hybridized carbons (Fsp3) is 0.524. The molecule has 34 heavy (non-hydrogen) atoms. The van der Waals surface area contributed by atoms with Crippen LogP contribution >= 0.6 is 0 Å². The monoisotopic (exact) mass is 491 g/mol. The normalized spacial score (nSPS) is 14.6. The zero-order valence-electron chi connectivity index (χ0n) is 18.3. The van der Waals surface area contributed by atoms with Gasteiger partial charge in [0, 0.05) is 38.0 Å². The molecule has 0 bridgehead atoms. The van der Waals surface area contributed by atoms with E-state index in [4.69, 9.17) is 0 Å². The van der Waals surface area contributed by atoms with Gasteiger partial charge in [0.2, 0.25) is 17.6 Å². The van der Waals surface area contributed by atoms with Gasteiger partial charge >= 0.3 is 6.18 Å². The molecule has 1 atom stereocenters. The predicted octanol–water partition coefficient (Wildman–Crippen LogP) is 3.36. The number of benzene rings is 1. The summed E-state index contributed by atoms with van der Waals surface area (Å²) >= 11 is 0. The summed E-state index contributed by atoms with van der Waals surface area (Å²) in [6.07, 6.45) is -3.81. The maximum absolute atomic E-state index is 14.2. The standard InChI is InChI=1S/C21H23F6N5O2/c1-2-3-4-18(33)28-13(7-12-8-15(23)16(24)10-14(12)22)9-19(34)31-5-6-32-17(11-31)29-30-20(32)21(25,26)27/h8,10,13H,2-7,9,11H2,1H3,(H,28,33)/t13-/m1/s1. The van der Waals surface area contributed by atoms with E-state index in [1.807, 2.05) is 6.92 Å². The summed E-state index contributed by atoms with van der Waals surface area (Å²) in [4.78, 5) is 26.4. The molecule has 2 amide bonds. The summed E-state index contributed by atoms with van der Waals surface area (Å²) in [6.45, 7) is 1.43. The van der Waals surface area contributed by atoms with Crippen LogP contribution in [0.15, 0.2) is 12.1 Å². The van der Waals surface area contributed by atoms with Crippen molar-refractivity contribution in [2.24, 2.45) is 0 Å². The molecule has 1 aliphatic rings. The molecule has 7 nitrogen and oxygen atoms in total. The van der Waals surface area contributed by atoms with Gasteiger partial charge in [0.15, 0.2) is 17.5 Å². The van der Waals surface area contributed by atoms with Crippen LogP contribution in [0.5, 0.6) is 0 Å². The van der Waals surface area contributed by atoms with Gasteiger partial charge in [0.25, 0.3) is 0 Å². The second-order valence-corrected chi connectivity index (χ2v) is 8.04. The lowest BCUT2D eigenvalue weighted by Crippen LogP contribution is -2.44. The van der Waals surface area contributed by atoms with Crippen molar-refractivity contribution < 1.29 is 35.9 Å². The molecule has 1 aromatic heterocycles. The SMILES string of the molecule is CCCCC(=O)N[C@@H](CC(=O)N1CCn2c(nnc2C(F)(F)F)C1)Cc1cc(F)c(F)cc1F. The van der Waals surface area contributed by atoms with Crippen LogP contribution in [-0.4, -0.2) is 44.1 Å². The first-order valence-electron chi connectivity index (χ1n) is 10.7. The first-order chi connectivity index (χ1) is 16.0. The fourth-order valence-electron chi connectivity index (χ4n) is 3.72. The highest BCUT2D eigenvalue weighted by Gasteiger charge is 2.40. The Morgan fingerprint density at radius 1 is 1.09 bits per heavy atom. The smallest absolute Gasteiger partial charge is 0.353 e. The molecule has 1 aromatic carbocycles. The van der Waals surface area contributed by atoms with Crippen LogP contribution < -0.4 is 5.32 Å². The van der Waals surface area contributed by atoms with Gasteiger partial charge in [-0.1, -0.05) is 13.3 Å². The van der Waals surface area contributed by atoms with Gasteiger partial charge in [-0.2, -0.15) is 13.2 Å². The molecule has 0 aliphatic carbocycles. The number of unbranched alkanes of at least 4 members (excludes halogenated alkanes) is 1. The molecule has 3 rings (SSSR count). The van der Waals surface area contributed by atoms with Crippen molar-refractivity contribution in [2.45, 2.75) is 64.3 Å². The third kappa shape index (κ3) is 6.06. The molecule has 1 aliphatic heterocycles. The van der Waals surface area contributed by atoms with Crippen molar-refractivity contribution in [3.63, 3.8) is 0 Å². The second kappa shape index (κ2) is 10.4. The Labute approximate surface area is 191 Å². The summed E-state index contributed by atoms with van der Waals surface area (Å²) in [5, 5.41) is 9.30. The Hall–Kier alpha value is -3.12. The third-order valence-corrected chi connectivity index (χ3v) is 5.46. The summed E-state index contributed by atoms with van der Waals surface area (Å²) < 4.78 is 81.0. The molecule has 1 N–H and O–H groups in total. The van der Waals surface area contributed by atoms with E-state index in [0.29, 0.717) is 18.6 Å². The van der Waals surface area contributed by atoms with Gasteiger partial charge in [0.1, 0.15) is 5.82 Å². The van der Waals surface area contributed by atoms with Crippen molar-refractivity contribution >= 4 is 11.8 Å². The number of hydrogen-bond donors (Lipinski definition) is 1. The fourth-order valence-corrected chi connectivity index (χ4v) is 3.72. The van der Waals surface area contributed by atoms with Crippen molar-refractivity contribution in [3.05, 3.63) is 46.8 Å². The molecule has 0 spiro atoms. The lowest BCUT2D eigenvalue weighted by molar-refractivity contribution is -0.148. The highest BCUT2D eigenvalue weighted by atomic mass is 19.4. The molecule has 0 unspecified atom stereocenters. The zero-order valence-corrected chi connectivity index (χ0v) is 18.3. The van der Waals surface area contributed by atoms with Crippen LogP contribution in [0.4, 0.5) is 26.3 Å². The number of nitrogens with zero attached hydrogens (tertiary/aromatic N) is 4. The lowest BCUT2D eigenvalue weighted by Gasteiger charge is -2.29. The summed E-state index contributed by atoms with van der Waals surface area (Å²) in [5.74, 6) is -5.76. The Morgan fingerprint density at radius 3 is 2.47 bits per heavy atom. The van der Waals surface area contributed by atoms with Gasteiger partial charge in [-0.05, 0) is 24.5 Å². The molecule has 13 heteroatoms. The largest absolute Gasteiger partial charge is 0.451 e. The van der Waals surface area contributed by atoms with E-state index in [2.05, 4.69) is 15.5 Å². The number of carbonyl (C=O) groups is 2. The molecule has 186 valence electrons. The van der Waals surface area contributed by atoms with Gasteiger partial charge in [-0.3, -0.25) is 9.59 Å². The van der Waals surface area contributed by atoms with E-state index in [0.717, 1.165) is 11.0 Å². The van der Waals surface area contributed by atoms with Gasteiger partial charge in [-0.15, -0.1) is 10.2 Å². The van der Waals surface area contributed by atoms with E-state index >= 15 is 0 Å². The van der Waals surface area contributed by atoms with E-state index in [9.17, 15) is 35.9 Å². The molecular formula is C21H23F6N5O2. The van der Waals surface area contributed by atoms with Crippen LogP contribution in [0.25, 0.3) is 0 Å². The highest BCUT2D eigenvalue weighted by molar-refractivity contribution is 5.80. The molecule has 0 fully saturated rings. The number of nitrogens with one attached hydrogen (secondary N) is 1. The minimum Gasteiger partial charge on any atom is -0.353 e. The molecular weight excluding hydrogens is 468 g/mol. The maximum Gasteiger partial charge on any atom is 0.451 e. The second-order valence-electron chi connectivity index (χ2n) is 8.04. The van der Waals surface area contributed by atoms with E-state index in [-0.39, 0.29) is 50.3 Å². The Morgan fingerprint density at radius 2 is 1.79 bits per heavy atom. The van der Waals surface area contributed by atoms with E-state index in [1.165, 1.54) is 4.90 Å².